The van der Waals surface area contributed by atoms with E-state index in [0.717, 1.165) is 11.1 Å². The van der Waals surface area contributed by atoms with E-state index >= 15 is 0 Å². The van der Waals surface area contributed by atoms with Gasteiger partial charge in [-0.25, -0.2) is 0 Å². The Kier molecular flexibility index (Phi) is 2.65. The molecule has 0 aliphatic heterocycles. The molecule has 1 aromatic carbocycles. The number of hydrogen-bond acceptors (Lipinski definition) is 2. The highest BCUT2D eigenvalue weighted by Gasteiger charge is 2.40. The summed E-state index contributed by atoms with van der Waals surface area (Å²) in [5, 5.41) is 0. The van der Waals surface area contributed by atoms with E-state index in [9.17, 15) is 4.79 Å². The molecular formula is C12H11BrO2. The summed E-state index contributed by atoms with van der Waals surface area (Å²) in [6.07, 6.45) is 4.63. The summed E-state index contributed by atoms with van der Waals surface area (Å²) in [5.74, 6) is -0.251. The molecule has 0 bridgehead atoms. The Morgan fingerprint density at radius 1 is 1.47 bits per heavy atom. The molecule has 1 unspecified atom stereocenters. The summed E-state index contributed by atoms with van der Waals surface area (Å²) in [4.78, 5) is 11.7. The molecule has 3 heteroatoms. The van der Waals surface area contributed by atoms with Crippen molar-refractivity contribution in [1.82, 2.24) is 0 Å². The molecule has 1 atom stereocenters. The lowest BCUT2D eigenvalue weighted by Crippen LogP contribution is -2.32. The van der Waals surface area contributed by atoms with Gasteiger partial charge >= 0.3 is 5.97 Å². The fourth-order valence-corrected chi connectivity index (χ4v) is 2.53. The molecular weight excluding hydrogens is 256 g/mol. The van der Waals surface area contributed by atoms with Gasteiger partial charge in [-0.05, 0) is 17.5 Å². The number of carbonyl (C=O) groups excluding carboxylic acids is 1. The second-order valence-electron chi connectivity index (χ2n) is 3.49. The van der Waals surface area contributed by atoms with Gasteiger partial charge in [-0.15, -0.1) is 0 Å². The van der Waals surface area contributed by atoms with Gasteiger partial charge in [-0.1, -0.05) is 52.3 Å². The Hall–Kier alpha value is -1.09. The summed E-state index contributed by atoms with van der Waals surface area (Å²) in [6.45, 7) is 0. The van der Waals surface area contributed by atoms with Crippen molar-refractivity contribution in [3.63, 3.8) is 0 Å². The Balaban J connectivity index is 2.54. The van der Waals surface area contributed by atoms with Crippen LogP contribution in [-0.2, 0) is 13.9 Å². The maximum atomic E-state index is 11.7. The van der Waals surface area contributed by atoms with Crippen molar-refractivity contribution < 1.29 is 9.53 Å². The second kappa shape index (κ2) is 3.81. The van der Waals surface area contributed by atoms with Gasteiger partial charge in [0.15, 0.2) is 4.32 Å². The second-order valence-corrected chi connectivity index (χ2v) is 4.84. The maximum absolute atomic E-state index is 11.7. The quantitative estimate of drug-likeness (QED) is 0.577. The van der Waals surface area contributed by atoms with Crippen LogP contribution in [-0.4, -0.2) is 13.1 Å². The van der Waals surface area contributed by atoms with E-state index in [4.69, 9.17) is 4.74 Å². The molecule has 1 aromatic rings. The van der Waals surface area contributed by atoms with Crippen molar-refractivity contribution in [2.24, 2.45) is 0 Å². The molecule has 78 valence electrons. The van der Waals surface area contributed by atoms with Crippen molar-refractivity contribution in [3.05, 3.63) is 41.5 Å². The number of ether oxygens (including phenoxy) is 1. The summed E-state index contributed by atoms with van der Waals surface area (Å²) in [5.41, 5.74) is 2.03. The number of allylic oxidation sites excluding steroid dienone is 1. The van der Waals surface area contributed by atoms with Crippen LogP contribution in [0.1, 0.15) is 17.5 Å². The molecule has 2 rings (SSSR count). The molecule has 0 aromatic heterocycles. The molecule has 1 aliphatic rings. The zero-order valence-electron chi connectivity index (χ0n) is 8.37. The van der Waals surface area contributed by atoms with E-state index in [1.807, 2.05) is 36.4 Å². The Bertz CT molecular complexity index is 425. The normalized spacial score (nSPS) is 23.3. The third-order valence-corrected chi connectivity index (χ3v) is 3.67. The topological polar surface area (TPSA) is 26.3 Å². The fourth-order valence-electron chi connectivity index (χ4n) is 1.82. The predicted molar refractivity (Wildman–Crippen MR) is 62.7 cm³/mol. The highest BCUT2D eigenvalue weighted by molar-refractivity contribution is 9.10. The first-order chi connectivity index (χ1) is 7.18. The lowest BCUT2D eigenvalue weighted by Gasteiger charge is -2.28. The summed E-state index contributed by atoms with van der Waals surface area (Å²) in [6, 6.07) is 7.82. The number of rotatable bonds is 1. The molecule has 0 saturated carbocycles. The summed E-state index contributed by atoms with van der Waals surface area (Å²) < 4.78 is 4.11. The van der Waals surface area contributed by atoms with Crippen LogP contribution in [0, 0.1) is 0 Å². The summed E-state index contributed by atoms with van der Waals surface area (Å²) >= 11 is 3.49. The van der Waals surface area contributed by atoms with Gasteiger partial charge in [0, 0.05) is 0 Å². The average molecular weight is 267 g/mol. The molecule has 0 heterocycles. The molecule has 0 radical (unpaired) electrons. The van der Waals surface area contributed by atoms with E-state index in [2.05, 4.69) is 15.9 Å². The van der Waals surface area contributed by atoms with Crippen molar-refractivity contribution in [2.45, 2.75) is 10.7 Å². The van der Waals surface area contributed by atoms with Crippen LogP contribution in [0.4, 0.5) is 0 Å². The first-order valence-electron chi connectivity index (χ1n) is 4.72. The standard InChI is InChI=1S/C12H11BrO2/c1-15-11(14)12(13)8-4-6-9-5-2-3-7-10(9)12/h2-7H,8H2,1H3. The van der Waals surface area contributed by atoms with Gasteiger partial charge in [0.1, 0.15) is 0 Å². The minimum Gasteiger partial charge on any atom is -0.468 e. The third-order valence-electron chi connectivity index (χ3n) is 2.59. The Morgan fingerprint density at radius 3 is 2.93 bits per heavy atom. The van der Waals surface area contributed by atoms with Crippen LogP contribution >= 0.6 is 15.9 Å². The zero-order valence-corrected chi connectivity index (χ0v) is 9.95. The lowest BCUT2D eigenvalue weighted by molar-refractivity contribution is -0.143. The molecule has 0 amide bonds. The van der Waals surface area contributed by atoms with Crippen molar-refractivity contribution in [1.29, 1.82) is 0 Å². The maximum Gasteiger partial charge on any atom is 0.327 e. The third kappa shape index (κ3) is 1.61. The average Bonchev–Trinajstić information content (AvgIpc) is 2.28. The van der Waals surface area contributed by atoms with E-state index < -0.39 is 4.32 Å². The van der Waals surface area contributed by atoms with Crippen molar-refractivity contribution in [3.8, 4) is 0 Å². The first-order valence-corrected chi connectivity index (χ1v) is 5.51. The number of esters is 1. The van der Waals surface area contributed by atoms with Crippen LogP contribution in [0.25, 0.3) is 6.08 Å². The van der Waals surface area contributed by atoms with E-state index in [1.165, 1.54) is 7.11 Å². The van der Waals surface area contributed by atoms with Gasteiger partial charge in [0.05, 0.1) is 7.11 Å². The lowest BCUT2D eigenvalue weighted by atomic mass is 9.87. The number of fused-ring (bicyclic) bond motifs is 1. The number of benzene rings is 1. The molecule has 0 N–H and O–H groups in total. The van der Waals surface area contributed by atoms with Crippen molar-refractivity contribution in [2.75, 3.05) is 7.11 Å². The van der Waals surface area contributed by atoms with E-state index in [-0.39, 0.29) is 5.97 Å². The summed E-state index contributed by atoms with van der Waals surface area (Å²) in [7, 11) is 1.41. The number of alkyl halides is 1. The number of hydrogen-bond donors (Lipinski definition) is 0. The molecule has 0 fully saturated rings. The van der Waals surface area contributed by atoms with Gasteiger partial charge < -0.3 is 4.74 Å². The molecule has 0 spiro atoms. The SMILES string of the molecule is COC(=O)C1(Br)CC=Cc2ccccc21. The Labute approximate surface area is 97.1 Å². The highest BCUT2D eigenvalue weighted by atomic mass is 79.9. The zero-order chi connectivity index (χ0) is 10.9. The van der Waals surface area contributed by atoms with E-state index in [0.29, 0.717) is 6.42 Å². The highest BCUT2D eigenvalue weighted by Crippen LogP contribution is 2.41. The monoisotopic (exact) mass is 266 g/mol. The Morgan fingerprint density at radius 2 is 2.20 bits per heavy atom. The first kappa shape index (κ1) is 10.4. The minimum atomic E-state index is -0.715. The molecule has 2 nitrogen and oxygen atoms in total. The minimum absolute atomic E-state index is 0.251. The van der Waals surface area contributed by atoms with Gasteiger partial charge in [0.2, 0.25) is 0 Å². The van der Waals surface area contributed by atoms with Crippen LogP contribution in [0.5, 0.6) is 0 Å². The number of halogens is 1. The molecule has 1 aliphatic carbocycles. The predicted octanol–water partition coefficient (Wildman–Crippen LogP) is 2.87. The van der Waals surface area contributed by atoms with Crippen LogP contribution in [0.2, 0.25) is 0 Å². The largest absolute Gasteiger partial charge is 0.468 e. The van der Waals surface area contributed by atoms with Gasteiger partial charge in [-0.2, -0.15) is 0 Å². The molecule has 15 heavy (non-hydrogen) atoms. The van der Waals surface area contributed by atoms with Crippen LogP contribution in [0.3, 0.4) is 0 Å². The fraction of sp³-hybridized carbons (Fsp3) is 0.250. The van der Waals surface area contributed by atoms with E-state index in [1.54, 1.807) is 0 Å². The molecule has 0 saturated heterocycles. The smallest absolute Gasteiger partial charge is 0.327 e. The van der Waals surface area contributed by atoms with Crippen LogP contribution in [0.15, 0.2) is 30.3 Å². The van der Waals surface area contributed by atoms with Crippen LogP contribution < -0.4 is 0 Å². The van der Waals surface area contributed by atoms with Gasteiger partial charge in [0.25, 0.3) is 0 Å². The number of carbonyl (C=O) groups is 1. The van der Waals surface area contributed by atoms with Gasteiger partial charge in [-0.3, -0.25) is 4.79 Å². The number of methoxy groups -OCH3 is 1. The van der Waals surface area contributed by atoms with Crippen molar-refractivity contribution >= 4 is 28.0 Å².